The smallest absolute Gasteiger partial charge is 0.456 e. The molecule has 0 radical (unpaired) electrons. The molecule has 1 aromatic heterocycles. The predicted octanol–water partition coefficient (Wildman–Crippen LogP) is 2.43. The van der Waals surface area contributed by atoms with Crippen LogP contribution in [0.3, 0.4) is 0 Å². The molecule has 13 nitrogen and oxygen atoms in total. The highest BCUT2D eigenvalue weighted by Crippen LogP contribution is 2.48. The van der Waals surface area contributed by atoms with Crippen LogP contribution in [0.4, 0.5) is 4.39 Å². The van der Waals surface area contributed by atoms with Crippen molar-refractivity contribution < 1.29 is 41.7 Å². The number of aromatic amines is 1. The quantitative estimate of drug-likeness (QED) is 0.295. The molecule has 40 heavy (non-hydrogen) atoms. The molecule has 2 saturated heterocycles. The number of para-hydroxylation sites is 1. The van der Waals surface area contributed by atoms with Crippen molar-refractivity contribution in [3.05, 3.63) is 63.4 Å². The van der Waals surface area contributed by atoms with E-state index in [0.29, 0.717) is 13.2 Å². The summed E-state index contributed by atoms with van der Waals surface area (Å²) < 4.78 is 64.8. The number of alkyl halides is 1. The van der Waals surface area contributed by atoms with Gasteiger partial charge in [0.15, 0.2) is 24.3 Å². The third kappa shape index (κ3) is 7.06. The third-order valence-corrected chi connectivity index (χ3v) is 8.00. The first-order valence-electron chi connectivity index (χ1n) is 12.9. The molecule has 15 heteroatoms. The number of esters is 1. The first-order valence-corrected chi connectivity index (χ1v) is 14.4. The van der Waals surface area contributed by atoms with E-state index in [9.17, 15) is 18.9 Å². The minimum absolute atomic E-state index is 0.0561. The molecular weight excluding hydrogens is 552 g/mol. The van der Waals surface area contributed by atoms with E-state index < -0.39 is 68.0 Å². The Kier molecular flexibility index (Phi) is 9.60. The van der Waals surface area contributed by atoms with Crippen LogP contribution in [0.1, 0.15) is 39.8 Å². The second-order valence-electron chi connectivity index (χ2n) is 9.54. The van der Waals surface area contributed by atoms with E-state index in [2.05, 4.69) is 5.09 Å². The number of ether oxygens (including phenoxy) is 4. The van der Waals surface area contributed by atoms with E-state index in [0.717, 1.165) is 30.2 Å². The predicted molar refractivity (Wildman–Crippen MR) is 138 cm³/mol. The monoisotopic (exact) mass is 585 g/mol. The lowest BCUT2D eigenvalue weighted by molar-refractivity contribution is -0.188. The Morgan fingerprint density at radius 1 is 1.25 bits per heavy atom. The van der Waals surface area contributed by atoms with Crippen LogP contribution in [-0.4, -0.2) is 65.5 Å². The molecule has 0 aliphatic carbocycles. The number of hydrogen-bond donors (Lipinski definition) is 2. The number of benzene rings is 1. The minimum Gasteiger partial charge on any atom is -0.456 e. The summed E-state index contributed by atoms with van der Waals surface area (Å²) in [5.74, 6) is -0.496. The summed E-state index contributed by atoms with van der Waals surface area (Å²) in [5, 5.41) is 2.79. The molecule has 2 aliphatic rings. The number of rotatable bonds is 11. The second kappa shape index (κ2) is 12.8. The van der Waals surface area contributed by atoms with Crippen molar-refractivity contribution in [2.45, 2.75) is 70.0 Å². The molecule has 6 atom stereocenters. The number of carbonyl (C=O) groups is 1. The fraction of sp³-hybridized carbons (Fsp3) is 0.560. The number of halogens is 1. The van der Waals surface area contributed by atoms with Crippen LogP contribution in [-0.2, 0) is 32.8 Å². The fourth-order valence-corrected chi connectivity index (χ4v) is 5.90. The zero-order valence-electron chi connectivity index (χ0n) is 22.3. The Bertz CT molecular complexity index is 1310. The van der Waals surface area contributed by atoms with E-state index in [4.69, 9.17) is 28.0 Å². The van der Waals surface area contributed by atoms with Crippen molar-refractivity contribution >= 4 is 13.7 Å². The number of carbonyl (C=O) groups excluding carboxylic acids is 1. The van der Waals surface area contributed by atoms with Gasteiger partial charge in [0.2, 0.25) is 0 Å². The van der Waals surface area contributed by atoms with Crippen molar-refractivity contribution in [3.63, 3.8) is 0 Å². The van der Waals surface area contributed by atoms with E-state index in [1.54, 1.807) is 37.3 Å². The van der Waals surface area contributed by atoms with Gasteiger partial charge in [-0.1, -0.05) is 25.1 Å². The van der Waals surface area contributed by atoms with Crippen molar-refractivity contribution in [3.8, 4) is 5.75 Å². The van der Waals surface area contributed by atoms with Gasteiger partial charge < -0.3 is 23.5 Å². The van der Waals surface area contributed by atoms with Gasteiger partial charge in [-0.2, -0.15) is 0 Å². The van der Waals surface area contributed by atoms with E-state index in [1.165, 1.54) is 6.92 Å². The molecule has 0 bridgehead atoms. The summed E-state index contributed by atoms with van der Waals surface area (Å²) in [5.41, 5.74) is -4.06. The topological polar surface area (TPSA) is 156 Å². The van der Waals surface area contributed by atoms with Gasteiger partial charge in [0, 0.05) is 18.7 Å². The maximum Gasteiger partial charge on any atom is 0.459 e. The third-order valence-electron chi connectivity index (χ3n) is 6.33. The van der Waals surface area contributed by atoms with E-state index in [-0.39, 0.29) is 12.2 Å². The van der Waals surface area contributed by atoms with Crippen molar-refractivity contribution in [1.82, 2.24) is 14.6 Å². The molecule has 0 saturated carbocycles. The van der Waals surface area contributed by atoms with Gasteiger partial charge >= 0.3 is 19.4 Å². The van der Waals surface area contributed by atoms with Gasteiger partial charge in [-0.3, -0.25) is 23.7 Å². The van der Waals surface area contributed by atoms with Crippen LogP contribution in [0.25, 0.3) is 0 Å². The highest BCUT2D eigenvalue weighted by atomic mass is 31.2. The van der Waals surface area contributed by atoms with Gasteiger partial charge in [0.05, 0.1) is 25.9 Å². The van der Waals surface area contributed by atoms with Crippen LogP contribution in [0.5, 0.6) is 5.75 Å². The fourth-order valence-electron chi connectivity index (χ4n) is 4.35. The van der Waals surface area contributed by atoms with Gasteiger partial charge in [0.1, 0.15) is 11.9 Å². The lowest BCUT2D eigenvalue weighted by Gasteiger charge is -2.31. The zero-order chi connectivity index (χ0) is 28.9. The first-order chi connectivity index (χ1) is 19.0. The maximum absolute atomic E-state index is 16.2. The maximum atomic E-state index is 16.2. The Morgan fingerprint density at radius 2 is 1.95 bits per heavy atom. The van der Waals surface area contributed by atoms with Gasteiger partial charge in [-0.05, 0) is 32.4 Å². The standard InChI is InChI=1S/C25H33FN3O10P/c1-4-20(31)38-21-18(37-23(25(21,3)26)29-12-11-19(30)27-24(29)32)15-36-40(33,39-17-9-6-5-7-10-17)28-16(2)22-34-13-8-14-35-22/h5-7,9-12,16,18,21-23H,4,8,13-15H2,1-3H3,(H,28,33)(H,27,30,32)/t16-,18?,21?,23?,25?,40?/m0/s1. The van der Waals surface area contributed by atoms with Gasteiger partial charge in [0.25, 0.3) is 5.56 Å². The molecule has 2 aliphatic heterocycles. The van der Waals surface area contributed by atoms with Crippen LogP contribution in [0.2, 0.25) is 0 Å². The SMILES string of the molecule is CCC(=O)OC1C(COP(=O)(N[C@@H](C)C2OCCCO2)Oc2ccccc2)OC(n2ccc(=O)[nH]c2=O)C1(C)F. The Balaban J connectivity index is 1.59. The number of aromatic nitrogens is 2. The molecule has 0 spiro atoms. The summed E-state index contributed by atoms with van der Waals surface area (Å²) >= 11 is 0. The number of hydrogen-bond acceptors (Lipinski definition) is 10. The van der Waals surface area contributed by atoms with Crippen molar-refractivity contribution in [2.75, 3.05) is 19.8 Å². The molecule has 2 fully saturated rings. The van der Waals surface area contributed by atoms with E-state index in [1.807, 2.05) is 4.98 Å². The van der Waals surface area contributed by atoms with Crippen LogP contribution in [0, 0.1) is 0 Å². The average molecular weight is 586 g/mol. The van der Waals surface area contributed by atoms with Gasteiger partial charge in [-0.15, -0.1) is 0 Å². The molecule has 2 N–H and O–H groups in total. The van der Waals surface area contributed by atoms with Crippen LogP contribution in [0.15, 0.2) is 52.2 Å². The van der Waals surface area contributed by atoms with Gasteiger partial charge in [-0.25, -0.2) is 18.8 Å². The lowest BCUT2D eigenvalue weighted by Crippen LogP contribution is -2.46. The normalized spacial score (nSPS) is 27.6. The number of nitrogens with one attached hydrogen (secondary N) is 2. The number of nitrogens with zero attached hydrogens (tertiary/aromatic N) is 1. The minimum atomic E-state index is -4.20. The molecule has 0 amide bonds. The van der Waals surface area contributed by atoms with Crippen LogP contribution >= 0.6 is 7.75 Å². The molecule has 3 heterocycles. The van der Waals surface area contributed by atoms with E-state index >= 15 is 4.39 Å². The highest BCUT2D eigenvalue weighted by molar-refractivity contribution is 7.52. The summed E-state index contributed by atoms with van der Waals surface area (Å²) in [7, 11) is -4.20. The second-order valence-corrected chi connectivity index (χ2v) is 11.2. The lowest BCUT2D eigenvalue weighted by atomic mass is 9.98. The van der Waals surface area contributed by atoms with Crippen LogP contribution < -0.4 is 20.9 Å². The number of H-pyrrole nitrogens is 1. The highest BCUT2D eigenvalue weighted by Gasteiger charge is 2.58. The first kappa shape index (κ1) is 30.1. The molecule has 5 unspecified atom stereocenters. The molecule has 4 rings (SSSR count). The average Bonchev–Trinajstić information content (AvgIpc) is 3.17. The Morgan fingerprint density at radius 3 is 2.60 bits per heavy atom. The van der Waals surface area contributed by atoms with Crippen molar-refractivity contribution in [1.29, 1.82) is 0 Å². The summed E-state index contributed by atoms with van der Waals surface area (Å²) in [6.45, 7) is 4.67. The zero-order valence-corrected chi connectivity index (χ0v) is 23.2. The Hall–Kier alpha value is -2.87. The molecular formula is C25H33FN3O10P. The molecule has 1 aromatic carbocycles. The Labute approximate surface area is 229 Å². The van der Waals surface area contributed by atoms with Crippen molar-refractivity contribution in [2.24, 2.45) is 0 Å². The largest absolute Gasteiger partial charge is 0.459 e. The summed E-state index contributed by atoms with van der Waals surface area (Å²) in [6.07, 6.45) is -3.47. The summed E-state index contributed by atoms with van der Waals surface area (Å²) in [4.78, 5) is 38.2. The molecule has 2 aromatic rings. The molecule has 220 valence electrons. The summed E-state index contributed by atoms with van der Waals surface area (Å²) in [6, 6.07) is 8.64.